The second-order valence-corrected chi connectivity index (χ2v) is 4.28. The van der Waals surface area contributed by atoms with Gasteiger partial charge < -0.3 is 5.11 Å². The summed E-state index contributed by atoms with van der Waals surface area (Å²) in [4.78, 5) is 0. The number of alkyl halides is 1. The van der Waals surface area contributed by atoms with Crippen LogP contribution in [0.15, 0.2) is 48.1 Å². The van der Waals surface area contributed by atoms with Gasteiger partial charge in [-0.15, -0.1) is 0 Å². The Balaban J connectivity index is 2.41. The molecule has 2 atom stereocenters. The Hall–Kier alpha value is -1.41. The first-order chi connectivity index (χ1) is 7.51. The third-order valence-corrected chi connectivity index (χ3v) is 3.07. The smallest absolute Gasteiger partial charge is 0.235 e. The molecule has 0 aromatic heterocycles. The van der Waals surface area contributed by atoms with Gasteiger partial charge in [0, 0.05) is 5.92 Å². The Kier molecular flexibility index (Phi) is 2.68. The molecule has 84 valence electrons. The second-order valence-electron chi connectivity index (χ2n) is 4.28. The Labute approximate surface area is 94.9 Å². The van der Waals surface area contributed by atoms with Crippen molar-refractivity contribution in [2.24, 2.45) is 5.92 Å². The highest BCUT2D eigenvalue weighted by Crippen LogP contribution is 2.36. The maximum absolute atomic E-state index is 13.8. The molecule has 16 heavy (non-hydrogen) atoms. The van der Waals surface area contributed by atoms with Crippen LogP contribution in [-0.2, 0) is 0 Å². The fraction of sp³-hybridized carbons (Fsp3) is 0.286. The fourth-order valence-corrected chi connectivity index (χ4v) is 1.93. The highest BCUT2D eigenvalue weighted by atomic mass is 19.2. The topological polar surface area (TPSA) is 20.2 Å². The zero-order chi connectivity index (χ0) is 11.8. The summed E-state index contributed by atoms with van der Waals surface area (Å²) in [6, 6.07) is 9.79. The van der Waals surface area contributed by atoms with Gasteiger partial charge in [0.2, 0.25) is 5.85 Å². The predicted octanol–water partition coefficient (Wildman–Crippen LogP) is 3.32. The molecule has 0 amide bonds. The van der Waals surface area contributed by atoms with Crippen LogP contribution in [0.4, 0.5) is 4.39 Å². The minimum Gasteiger partial charge on any atom is -0.358 e. The molecule has 0 saturated carbocycles. The molecule has 1 aliphatic carbocycles. The van der Waals surface area contributed by atoms with Crippen LogP contribution in [0.5, 0.6) is 0 Å². The summed E-state index contributed by atoms with van der Waals surface area (Å²) >= 11 is 0. The monoisotopic (exact) mass is 218 g/mol. The fourth-order valence-electron chi connectivity index (χ4n) is 1.93. The van der Waals surface area contributed by atoms with Crippen LogP contribution in [-0.4, -0.2) is 11.0 Å². The van der Waals surface area contributed by atoms with Crippen molar-refractivity contribution in [3.05, 3.63) is 53.6 Å². The van der Waals surface area contributed by atoms with Gasteiger partial charge in [-0.1, -0.05) is 49.4 Å². The maximum atomic E-state index is 13.8. The molecule has 2 heteroatoms. The van der Waals surface area contributed by atoms with Crippen LogP contribution in [0.3, 0.4) is 0 Å². The summed E-state index contributed by atoms with van der Waals surface area (Å²) in [5.41, 5.74) is 2.37. The van der Waals surface area contributed by atoms with Crippen molar-refractivity contribution in [3.63, 3.8) is 0 Å². The molecule has 2 unspecified atom stereocenters. The van der Waals surface area contributed by atoms with E-state index in [2.05, 4.69) is 0 Å². The SMILES string of the molecule is CC1=CC(c2ccccc2)=CC(C)C1(O)F. The number of hydrogen-bond acceptors (Lipinski definition) is 1. The van der Waals surface area contributed by atoms with E-state index in [4.69, 9.17) is 0 Å². The van der Waals surface area contributed by atoms with Gasteiger partial charge in [-0.25, -0.2) is 4.39 Å². The van der Waals surface area contributed by atoms with Crippen molar-refractivity contribution in [1.29, 1.82) is 0 Å². The largest absolute Gasteiger partial charge is 0.358 e. The van der Waals surface area contributed by atoms with E-state index in [9.17, 15) is 9.50 Å². The van der Waals surface area contributed by atoms with E-state index in [1.165, 1.54) is 0 Å². The number of allylic oxidation sites excluding steroid dienone is 2. The van der Waals surface area contributed by atoms with Crippen molar-refractivity contribution in [3.8, 4) is 0 Å². The molecule has 1 nitrogen and oxygen atoms in total. The van der Waals surface area contributed by atoms with E-state index in [1.54, 1.807) is 26.0 Å². The lowest BCUT2D eigenvalue weighted by molar-refractivity contribution is -0.0824. The highest BCUT2D eigenvalue weighted by Gasteiger charge is 2.36. The Bertz CT molecular complexity index is 443. The third-order valence-electron chi connectivity index (χ3n) is 3.07. The van der Waals surface area contributed by atoms with Crippen molar-refractivity contribution < 1.29 is 9.50 Å². The zero-order valence-corrected chi connectivity index (χ0v) is 9.44. The Morgan fingerprint density at radius 1 is 1.25 bits per heavy atom. The lowest BCUT2D eigenvalue weighted by Crippen LogP contribution is -2.33. The molecule has 0 saturated heterocycles. The van der Waals surface area contributed by atoms with Crippen LogP contribution in [0.2, 0.25) is 0 Å². The summed E-state index contributed by atoms with van der Waals surface area (Å²) < 4.78 is 13.8. The minimum absolute atomic E-state index is 0.362. The van der Waals surface area contributed by atoms with Gasteiger partial charge in [0.1, 0.15) is 0 Å². The molecule has 1 aromatic carbocycles. The summed E-state index contributed by atoms with van der Waals surface area (Å²) in [7, 11) is 0. The molecule has 0 fully saturated rings. The molecular weight excluding hydrogens is 203 g/mol. The number of aliphatic hydroxyl groups is 1. The third kappa shape index (κ3) is 1.81. The lowest BCUT2D eigenvalue weighted by atomic mass is 9.85. The van der Waals surface area contributed by atoms with E-state index in [1.807, 2.05) is 30.3 Å². The molecule has 1 aromatic rings. The summed E-state index contributed by atoms with van der Waals surface area (Å²) in [6.45, 7) is 3.30. The molecule has 2 rings (SSSR count). The van der Waals surface area contributed by atoms with Crippen LogP contribution in [0, 0.1) is 5.92 Å². The van der Waals surface area contributed by atoms with Gasteiger partial charge in [-0.05, 0) is 23.6 Å². The van der Waals surface area contributed by atoms with E-state index in [-0.39, 0.29) is 0 Å². The first-order valence-corrected chi connectivity index (χ1v) is 5.39. The van der Waals surface area contributed by atoms with Crippen molar-refractivity contribution in [2.75, 3.05) is 0 Å². The van der Waals surface area contributed by atoms with Crippen LogP contribution in [0.1, 0.15) is 19.4 Å². The van der Waals surface area contributed by atoms with Crippen LogP contribution >= 0.6 is 0 Å². The number of hydrogen-bond donors (Lipinski definition) is 1. The standard InChI is InChI=1S/C14H15FO/c1-10-8-13(9-11(2)14(10,15)16)12-6-4-3-5-7-12/h3-10,16H,1-2H3. The molecule has 0 aliphatic heterocycles. The van der Waals surface area contributed by atoms with Gasteiger partial charge in [-0.2, -0.15) is 0 Å². The van der Waals surface area contributed by atoms with Gasteiger partial charge in [-0.3, -0.25) is 0 Å². The normalized spacial score (nSPS) is 29.6. The quantitative estimate of drug-likeness (QED) is 0.766. The van der Waals surface area contributed by atoms with E-state index >= 15 is 0 Å². The minimum atomic E-state index is -2.21. The van der Waals surface area contributed by atoms with Gasteiger partial charge in [0.15, 0.2) is 0 Å². The van der Waals surface area contributed by atoms with E-state index in [0.29, 0.717) is 5.57 Å². The molecular formula is C14H15FO. The molecule has 0 heterocycles. The van der Waals surface area contributed by atoms with Crippen LogP contribution in [0.25, 0.3) is 5.57 Å². The molecule has 1 N–H and O–H groups in total. The maximum Gasteiger partial charge on any atom is 0.235 e. The lowest BCUT2D eigenvalue weighted by Gasteiger charge is -2.29. The highest BCUT2D eigenvalue weighted by molar-refractivity contribution is 5.76. The Morgan fingerprint density at radius 3 is 2.44 bits per heavy atom. The van der Waals surface area contributed by atoms with Crippen molar-refractivity contribution in [2.45, 2.75) is 19.7 Å². The average Bonchev–Trinajstić information content (AvgIpc) is 2.27. The first-order valence-electron chi connectivity index (χ1n) is 5.39. The summed E-state index contributed by atoms with van der Waals surface area (Å²) in [5.74, 6) is -2.73. The van der Waals surface area contributed by atoms with Crippen LogP contribution < -0.4 is 0 Å². The summed E-state index contributed by atoms with van der Waals surface area (Å²) in [5, 5.41) is 9.60. The zero-order valence-electron chi connectivity index (χ0n) is 9.44. The van der Waals surface area contributed by atoms with Gasteiger partial charge in [0.25, 0.3) is 0 Å². The van der Waals surface area contributed by atoms with Crippen molar-refractivity contribution >= 4 is 5.57 Å². The van der Waals surface area contributed by atoms with Gasteiger partial charge in [0.05, 0.1) is 0 Å². The number of halogens is 1. The van der Waals surface area contributed by atoms with E-state index < -0.39 is 11.8 Å². The number of benzene rings is 1. The molecule has 0 bridgehead atoms. The summed E-state index contributed by atoms with van der Waals surface area (Å²) in [6.07, 6.45) is 3.47. The predicted molar refractivity (Wildman–Crippen MR) is 63.4 cm³/mol. The first kappa shape index (κ1) is 11.1. The average molecular weight is 218 g/mol. The van der Waals surface area contributed by atoms with E-state index in [0.717, 1.165) is 11.1 Å². The Morgan fingerprint density at radius 2 is 1.88 bits per heavy atom. The second kappa shape index (κ2) is 3.87. The van der Waals surface area contributed by atoms with Gasteiger partial charge >= 0.3 is 0 Å². The molecule has 0 spiro atoms. The van der Waals surface area contributed by atoms with Crippen molar-refractivity contribution in [1.82, 2.24) is 0 Å². The molecule has 1 aliphatic rings. The molecule has 0 radical (unpaired) electrons. The number of rotatable bonds is 1.